The molecule has 0 bridgehead atoms. The Morgan fingerprint density at radius 3 is 1.84 bits per heavy atom. The van der Waals surface area contributed by atoms with Gasteiger partial charge in [-0.2, -0.15) is 0 Å². The summed E-state index contributed by atoms with van der Waals surface area (Å²) in [6, 6.07) is 0. The number of hydrogen-bond donors (Lipinski definition) is 0. The smallest absolute Gasteiger partial charge is 0.331 e. The molecule has 0 saturated carbocycles. The Balaban J connectivity index is 3.64. The highest BCUT2D eigenvalue weighted by Gasteiger charge is 2.14. The fraction of sp³-hybridized carbons (Fsp3) is 0.810. The van der Waals surface area contributed by atoms with Gasteiger partial charge in [-0.1, -0.05) is 79.1 Å². The normalized spacial score (nSPS) is 12.5. The van der Waals surface area contributed by atoms with Crippen LogP contribution in [0.2, 0.25) is 0 Å². The quantitative estimate of drug-likeness (QED) is 0.218. The minimum absolute atomic E-state index is 0.116. The molecule has 0 aliphatic carbocycles. The van der Waals surface area contributed by atoms with Crippen molar-refractivity contribution in [3.63, 3.8) is 0 Å². The van der Waals surface area contributed by atoms with Crippen LogP contribution in [-0.4, -0.2) is 24.6 Å². The summed E-state index contributed by atoms with van der Waals surface area (Å²) in [5.74, 6) is -0.698. The lowest BCUT2D eigenvalue weighted by Crippen LogP contribution is -2.21. The van der Waals surface area contributed by atoms with Crippen LogP contribution in [0.3, 0.4) is 0 Å². The number of ether oxygens (including phenoxy) is 2. The Morgan fingerprint density at radius 2 is 1.32 bits per heavy atom. The van der Waals surface area contributed by atoms with E-state index >= 15 is 0 Å². The van der Waals surface area contributed by atoms with E-state index in [4.69, 9.17) is 9.47 Å². The minimum atomic E-state index is -0.486. The van der Waals surface area contributed by atoms with Gasteiger partial charge in [-0.25, -0.2) is 9.59 Å². The molecule has 0 amide bonds. The summed E-state index contributed by atoms with van der Waals surface area (Å²) >= 11 is 0. The molecule has 1 unspecified atom stereocenters. The first-order valence-electron chi connectivity index (χ1n) is 10.1. The number of hydrogen-bond acceptors (Lipinski definition) is 4. The molecule has 4 heteroatoms. The molecule has 1 atom stereocenters. The number of carbonyl (C=O) groups is 2. The van der Waals surface area contributed by atoms with Gasteiger partial charge < -0.3 is 9.47 Å². The summed E-state index contributed by atoms with van der Waals surface area (Å²) in [4.78, 5) is 23.2. The maximum absolute atomic E-state index is 11.6. The first-order chi connectivity index (χ1) is 12.0. The topological polar surface area (TPSA) is 52.6 Å². The zero-order valence-electron chi connectivity index (χ0n) is 16.7. The first-order valence-corrected chi connectivity index (χ1v) is 10.1. The van der Waals surface area contributed by atoms with Gasteiger partial charge in [0, 0.05) is 12.2 Å². The summed E-state index contributed by atoms with van der Waals surface area (Å²) in [5.41, 5.74) is 0. The molecular formula is C21H38O4. The Hall–Kier alpha value is -1.32. The number of rotatable bonds is 15. The minimum Gasteiger partial charge on any atom is -0.463 e. The van der Waals surface area contributed by atoms with Crippen LogP contribution in [-0.2, 0) is 19.1 Å². The second-order valence-corrected chi connectivity index (χ2v) is 6.96. The molecule has 0 aromatic rings. The molecule has 0 heterocycles. The van der Waals surface area contributed by atoms with Crippen molar-refractivity contribution in [2.24, 2.45) is 5.92 Å². The largest absolute Gasteiger partial charge is 0.463 e. The maximum Gasteiger partial charge on any atom is 0.331 e. The monoisotopic (exact) mass is 354 g/mol. The zero-order chi connectivity index (χ0) is 18.9. The van der Waals surface area contributed by atoms with Gasteiger partial charge in [-0.15, -0.1) is 0 Å². The van der Waals surface area contributed by atoms with Gasteiger partial charge in [0.1, 0.15) is 6.10 Å². The molecule has 0 fully saturated rings. The van der Waals surface area contributed by atoms with E-state index in [2.05, 4.69) is 6.92 Å². The fourth-order valence-electron chi connectivity index (χ4n) is 2.65. The summed E-state index contributed by atoms with van der Waals surface area (Å²) in [6.45, 7) is 8.63. The van der Waals surface area contributed by atoms with E-state index in [-0.39, 0.29) is 12.0 Å². The second-order valence-electron chi connectivity index (χ2n) is 6.96. The highest BCUT2D eigenvalue weighted by Crippen LogP contribution is 2.11. The second kappa shape index (κ2) is 16.2. The van der Waals surface area contributed by atoms with Crippen molar-refractivity contribution in [3.8, 4) is 0 Å². The van der Waals surface area contributed by atoms with Gasteiger partial charge >= 0.3 is 11.9 Å². The molecule has 0 N–H and O–H groups in total. The van der Waals surface area contributed by atoms with Gasteiger partial charge in [0.2, 0.25) is 0 Å². The molecule has 0 rings (SSSR count). The maximum atomic E-state index is 11.6. The Kier molecular flexibility index (Phi) is 15.3. The predicted octanol–water partition coefficient (Wildman–Crippen LogP) is 5.59. The van der Waals surface area contributed by atoms with Crippen molar-refractivity contribution in [1.82, 2.24) is 0 Å². The molecule has 146 valence electrons. The highest BCUT2D eigenvalue weighted by molar-refractivity contribution is 5.91. The molecule has 0 aliphatic heterocycles. The number of unbranched alkanes of at least 4 members (excludes halogenated alkanes) is 8. The lowest BCUT2D eigenvalue weighted by atomic mass is 10.1. The lowest BCUT2D eigenvalue weighted by molar-refractivity contribution is -0.146. The highest BCUT2D eigenvalue weighted by atomic mass is 16.5. The molecule has 0 aromatic carbocycles. The van der Waals surface area contributed by atoms with Crippen molar-refractivity contribution >= 4 is 11.9 Å². The van der Waals surface area contributed by atoms with E-state index in [0.29, 0.717) is 6.61 Å². The Bertz CT molecular complexity index is 374. The summed E-state index contributed by atoms with van der Waals surface area (Å²) in [7, 11) is 0. The van der Waals surface area contributed by atoms with Gasteiger partial charge in [-0.05, 0) is 18.8 Å². The molecule has 0 saturated heterocycles. The van der Waals surface area contributed by atoms with E-state index < -0.39 is 11.9 Å². The van der Waals surface area contributed by atoms with E-state index in [1.54, 1.807) is 0 Å². The molecule has 0 spiro atoms. The molecule has 25 heavy (non-hydrogen) atoms. The zero-order valence-corrected chi connectivity index (χ0v) is 16.7. The van der Waals surface area contributed by atoms with Crippen molar-refractivity contribution in [1.29, 1.82) is 0 Å². The van der Waals surface area contributed by atoms with Gasteiger partial charge in [0.05, 0.1) is 6.61 Å². The Labute approximate surface area is 154 Å². The fourth-order valence-corrected chi connectivity index (χ4v) is 2.65. The van der Waals surface area contributed by atoms with Crippen LogP contribution < -0.4 is 0 Å². The summed E-state index contributed by atoms with van der Waals surface area (Å²) in [6.07, 6.45) is 14.0. The van der Waals surface area contributed by atoms with Crippen molar-refractivity contribution in [2.45, 2.75) is 98.0 Å². The van der Waals surface area contributed by atoms with E-state index in [1.807, 2.05) is 20.8 Å². The standard InChI is InChI=1S/C21H38O4/c1-5-7-8-9-10-11-12-13-14-17-24-20(22)15-16-21(23)25-19(6-2)18(3)4/h15-16,18-19H,5-14,17H2,1-4H3/b16-15+. The van der Waals surface area contributed by atoms with Crippen LogP contribution in [0.1, 0.15) is 91.9 Å². The van der Waals surface area contributed by atoms with Gasteiger partial charge in [-0.3, -0.25) is 0 Å². The third kappa shape index (κ3) is 14.7. The number of esters is 2. The van der Waals surface area contributed by atoms with Crippen molar-refractivity contribution in [2.75, 3.05) is 6.61 Å². The summed E-state index contributed by atoms with van der Waals surface area (Å²) < 4.78 is 10.4. The van der Waals surface area contributed by atoms with Crippen LogP contribution in [0.25, 0.3) is 0 Å². The molecule has 0 radical (unpaired) electrons. The van der Waals surface area contributed by atoms with Crippen LogP contribution in [0.15, 0.2) is 12.2 Å². The molecule has 0 aromatic heterocycles. The molecular weight excluding hydrogens is 316 g/mol. The third-order valence-electron chi connectivity index (χ3n) is 4.26. The first kappa shape index (κ1) is 23.7. The molecule has 4 nitrogen and oxygen atoms in total. The summed E-state index contributed by atoms with van der Waals surface area (Å²) in [5, 5.41) is 0. The van der Waals surface area contributed by atoms with Gasteiger partial charge in [0.25, 0.3) is 0 Å². The van der Waals surface area contributed by atoms with E-state index in [9.17, 15) is 9.59 Å². The van der Waals surface area contributed by atoms with Crippen LogP contribution in [0, 0.1) is 5.92 Å². The van der Waals surface area contributed by atoms with Crippen LogP contribution in [0.4, 0.5) is 0 Å². The van der Waals surface area contributed by atoms with Gasteiger partial charge in [0.15, 0.2) is 0 Å². The van der Waals surface area contributed by atoms with E-state index in [1.165, 1.54) is 44.9 Å². The third-order valence-corrected chi connectivity index (χ3v) is 4.26. The lowest BCUT2D eigenvalue weighted by Gasteiger charge is -2.18. The average Bonchev–Trinajstić information content (AvgIpc) is 2.59. The van der Waals surface area contributed by atoms with Crippen LogP contribution in [0.5, 0.6) is 0 Å². The van der Waals surface area contributed by atoms with Crippen LogP contribution >= 0.6 is 0 Å². The Morgan fingerprint density at radius 1 is 0.800 bits per heavy atom. The molecule has 0 aliphatic rings. The average molecular weight is 355 g/mol. The van der Waals surface area contributed by atoms with Crippen molar-refractivity contribution in [3.05, 3.63) is 12.2 Å². The van der Waals surface area contributed by atoms with Crippen molar-refractivity contribution < 1.29 is 19.1 Å². The predicted molar refractivity (Wildman–Crippen MR) is 102 cm³/mol. The SMILES string of the molecule is CCCCCCCCCCCOC(=O)/C=C/C(=O)OC(CC)C(C)C. The number of carbonyl (C=O) groups excluding carboxylic acids is 2. The van der Waals surface area contributed by atoms with E-state index in [0.717, 1.165) is 31.4 Å².